The summed E-state index contributed by atoms with van der Waals surface area (Å²) >= 11 is 0. The molecule has 0 N–H and O–H groups in total. The highest BCUT2D eigenvalue weighted by Gasteiger charge is 2.22. The third kappa shape index (κ3) is 11.0. The van der Waals surface area contributed by atoms with Crippen LogP contribution in [0.15, 0.2) is 394 Å². The van der Waals surface area contributed by atoms with Gasteiger partial charge in [-0.2, -0.15) is 0 Å². The molecule has 0 aliphatic rings. The van der Waals surface area contributed by atoms with E-state index in [-0.39, 0.29) is 0 Å². The van der Waals surface area contributed by atoms with Gasteiger partial charge in [-0.05, 0) is 185 Å². The molecular formula is C106H77N7. The van der Waals surface area contributed by atoms with E-state index in [1.165, 1.54) is 203 Å². The van der Waals surface area contributed by atoms with E-state index >= 15 is 0 Å². The van der Waals surface area contributed by atoms with Gasteiger partial charge in [0, 0.05) is 128 Å². The van der Waals surface area contributed by atoms with Crippen LogP contribution in [0.5, 0.6) is 0 Å². The third-order valence-corrected chi connectivity index (χ3v) is 23.1. The maximum absolute atomic E-state index is 2.40. The third-order valence-electron chi connectivity index (χ3n) is 23.1. The van der Waals surface area contributed by atoms with Gasteiger partial charge in [-0.3, -0.25) is 0 Å². The van der Waals surface area contributed by atoms with Crippen LogP contribution in [-0.4, -0.2) is 32.0 Å². The lowest BCUT2D eigenvalue weighted by atomic mass is 10.1. The van der Waals surface area contributed by atoms with Crippen LogP contribution >= 0.6 is 0 Å². The van der Waals surface area contributed by atoms with Crippen LogP contribution in [0, 0.1) is 20.8 Å². The maximum Gasteiger partial charge on any atom is 0.0561 e. The van der Waals surface area contributed by atoms with Gasteiger partial charge in [0.25, 0.3) is 0 Å². The van der Waals surface area contributed by atoms with E-state index in [1.807, 2.05) is 0 Å². The molecule has 7 aromatic heterocycles. The average Bonchev–Trinajstić information content (AvgIpc) is 1.52. The van der Waals surface area contributed by atoms with Gasteiger partial charge in [0.15, 0.2) is 0 Å². The number of para-hydroxylation sites is 11. The van der Waals surface area contributed by atoms with E-state index in [1.54, 1.807) is 0 Å². The number of fused-ring (bicyclic) bond motifs is 21. The van der Waals surface area contributed by atoms with Crippen molar-refractivity contribution in [1.29, 1.82) is 0 Å². The number of aromatic nitrogens is 7. The number of rotatable bonds is 6. The minimum absolute atomic E-state index is 1.18. The van der Waals surface area contributed by atoms with Crippen molar-refractivity contribution in [2.45, 2.75) is 20.8 Å². The lowest BCUT2D eigenvalue weighted by Crippen LogP contribution is -1.96. The quantitative estimate of drug-likeness (QED) is 0.159. The van der Waals surface area contributed by atoms with Gasteiger partial charge in [0.05, 0.1) is 66.2 Å². The van der Waals surface area contributed by atoms with Gasteiger partial charge in [-0.15, -0.1) is 0 Å². The summed E-state index contributed by atoms with van der Waals surface area (Å²) in [4.78, 5) is 0. The molecule has 24 rings (SSSR count). The predicted molar refractivity (Wildman–Crippen MR) is 480 cm³/mol. The monoisotopic (exact) mass is 1450 g/mol. The fourth-order valence-corrected chi connectivity index (χ4v) is 18.1. The molecule has 17 aromatic carbocycles. The summed E-state index contributed by atoms with van der Waals surface area (Å²) < 4.78 is 16.6. The first-order valence-electron chi connectivity index (χ1n) is 38.9. The van der Waals surface area contributed by atoms with Gasteiger partial charge in [-0.25, -0.2) is 0 Å². The van der Waals surface area contributed by atoms with Gasteiger partial charge < -0.3 is 32.0 Å². The molecule has 0 aliphatic carbocycles. The first kappa shape index (κ1) is 66.5. The zero-order chi connectivity index (χ0) is 75.4. The largest absolute Gasteiger partial charge is 0.344 e. The topological polar surface area (TPSA) is 34.5 Å². The minimum Gasteiger partial charge on any atom is -0.344 e. The molecule has 0 saturated heterocycles. The molecule has 0 aliphatic heterocycles. The van der Waals surface area contributed by atoms with Crippen molar-refractivity contribution in [2.75, 3.05) is 0 Å². The molecular weight excluding hydrogens is 1370 g/mol. The van der Waals surface area contributed by atoms with Crippen molar-refractivity contribution in [3.63, 3.8) is 0 Å². The smallest absolute Gasteiger partial charge is 0.0561 e. The van der Waals surface area contributed by atoms with E-state index in [0.29, 0.717) is 0 Å². The Morgan fingerprint density at radius 2 is 0.327 bits per heavy atom. The van der Waals surface area contributed by atoms with E-state index < -0.39 is 0 Å². The Balaban J connectivity index is 0.0000000982. The Morgan fingerprint density at radius 1 is 0.133 bits per heavy atom. The number of hydrogen-bond donors (Lipinski definition) is 0. The van der Waals surface area contributed by atoms with Crippen LogP contribution in [0.3, 0.4) is 0 Å². The second-order valence-corrected chi connectivity index (χ2v) is 29.9. The molecule has 536 valence electrons. The van der Waals surface area contributed by atoms with Crippen molar-refractivity contribution in [3.05, 3.63) is 411 Å². The van der Waals surface area contributed by atoms with Crippen molar-refractivity contribution in [1.82, 2.24) is 32.0 Å². The Hall–Kier alpha value is -14.7. The average molecular weight is 1450 g/mol. The number of nitrogens with zero attached hydrogens (tertiary/aromatic N) is 7. The highest BCUT2D eigenvalue weighted by molar-refractivity contribution is 6.16. The Bertz CT molecular complexity index is 7680. The molecule has 0 bridgehead atoms. The molecule has 7 heteroatoms. The first-order chi connectivity index (χ1) is 55.8. The fourth-order valence-electron chi connectivity index (χ4n) is 18.1. The minimum atomic E-state index is 1.18. The maximum atomic E-state index is 2.40. The second-order valence-electron chi connectivity index (χ2n) is 29.9. The van der Waals surface area contributed by atoms with Gasteiger partial charge >= 0.3 is 0 Å². The Morgan fingerprint density at radius 3 is 0.655 bits per heavy atom. The summed E-state index contributed by atoms with van der Waals surface area (Å²) in [7, 11) is 2.12. The number of hydrogen-bond acceptors (Lipinski definition) is 0. The summed E-state index contributed by atoms with van der Waals surface area (Å²) in [6.45, 7) is 6.50. The molecule has 0 unspecified atom stereocenters. The molecule has 7 heterocycles. The number of benzene rings is 17. The molecule has 0 spiro atoms. The lowest BCUT2D eigenvalue weighted by Gasteiger charge is -2.11. The summed E-state index contributed by atoms with van der Waals surface area (Å²) in [6.07, 6.45) is 0. The molecule has 113 heavy (non-hydrogen) atoms. The highest BCUT2D eigenvalue weighted by atomic mass is 15.0. The zero-order valence-corrected chi connectivity index (χ0v) is 63.2. The molecule has 0 saturated carbocycles. The lowest BCUT2D eigenvalue weighted by molar-refractivity contribution is 1.01. The summed E-state index contributed by atoms with van der Waals surface area (Å²) in [5.41, 5.74) is 28.3. The molecule has 7 nitrogen and oxygen atoms in total. The first-order valence-corrected chi connectivity index (χ1v) is 38.9. The Labute approximate surface area is 653 Å². The summed E-state index contributed by atoms with van der Waals surface area (Å²) in [6, 6.07) is 142. The SMILES string of the molecule is Cc1ccc2c(c1)c1cc(-n3c4ccccc4c4ccccc43)ccc1n2-c1ccccc1.Cc1ccc2c(c1)c1ccc(-n3c4ccccc4c4ccccc43)cc1n2-c1ccccc1.Cc1ccc2c(c1)c1ccccc1n2-c1ccc2c3ccccc3n(-c3ccccc3)c2c1.Cn1c2ccccc2c2ccccc21. The van der Waals surface area contributed by atoms with Crippen LogP contribution < -0.4 is 0 Å². The molecule has 0 atom stereocenters. The number of aryl methyl sites for hydroxylation is 4. The van der Waals surface area contributed by atoms with Gasteiger partial charge in [0.2, 0.25) is 0 Å². The van der Waals surface area contributed by atoms with Crippen molar-refractivity contribution in [2.24, 2.45) is 7.05 Å². The molecule has 0 fully saturated rings. The van der Waals surface area contributed by atoms with Crippen LogP contribution in [0.1, 0.15) is 16.7 Å². The fraction of sp³-hybridized carbons (Fsp3) is 0.0377. The second kappa shape index (κ2) is 27.2. The van der Waals surface area contributed by atoms with E-state index in [0.717, 1.165) is 0 Å². The standard InChI is InChI=1S/3C31H22N2.C13H11N/c1-21-15-18-30-27(19-21)25-12-6-8-14-29(25)33(30)23-16-17-26-24-11-5-7-13-28(24)32(31(26)20-23)22-9-3-2-4-10-22;1-21-15-18-30-27(19-21)26-17-16-23(20-31(26)32(30)22-9-3-2-4-10-22)33-28-13-7-5-11-24(28)25-12-6-8-14-29(25)33;1-21-15-17-30-26(19-21)27-20-23(16-18-31(27)32(30)22-9-3-2-4-10-22)33-28-13-7-5-11-24(28)25-12-6-8-14-29(25)33;1-14-12-8-4-2-6-10(12)11-7-3-5-9-13(11)14/h3*2-20H,1H3;2-9H,1H3. The molecule has 0 amide bonds. The zero-order valence-electron chi connectivity index (χ0n) is 63.2. The van der Waals surface area contributed by atoms with Crippen LogP contribution in [0.4, 0.5) is 0 Å². The van der Waals surface area contributed by atoms with E-state index in [4.69, 9.17) is 0 Å². The van der Waals surface area contributed by atoms with E-state index in [9.17, 15) is 0 Å². The van der Waals surface area contributed by atoms with Crippen molar-refractivity contribution in [3.8, 4) is 34.1 Å². The van der Waals surface area contributed by atoms with Crippen LogP contribution in [0.25, 0.3) is 187 Å². The molecule has 24 aromatic rings. The van der Waals surface area contributed by atoms with Crippen LogP contribution in [-0.2, 0) is 7.05 Å². The highest BCUT2D eigenvalue weighted by Crippen LogP contribution is 2.42. The predicted octanol–water partition coefficient (Wildman–Crippen LogP) is 27.9. The van der Waals surface area contributed by atoms with E-state index in [2.05, 4.69) is 454 Å². The van der Waals surface area contributed by atoms with Crippen molar-refractivity contribution < 1.29 is 0 Å². The normalized spacial score (nSPS) is 11.7. The molecule has 0 radical (unpaired) electrons. The van der Waals surface area contributed by atoms with Crippen molar-refractivity contribution >= 4 is 153 Å². The van der Waals surface area contributed by atoms with Gasteiger partial charge in [-0.1, -0.05) is 247 Å². The van der Waals surface area contributed by atoms with Gasteiger partial charge in [0.1, 0.15) is 0 Å². The Kier molecular flexibility index (Phi) is 16.0. The summed E-state index contributed by atoms with van der Waals surface area (Å²) in [5.74, 6) is 0. The van der Waals surface area contributed by atoms with Crippen LogP contribution in [0.2, 0.25) is 0 Å². The summed E-state index contributed by atoms with van der Waals surface area (Å²) in [5, 5.41) is 18.1.